The van der Waals surface area contributed by atoms with Crippen molar-refractivity contribution in [2.24, 2.45) is 0 Å². The van der Waals surface area contributed by atoms with Gasteiger partial charge in [0.2, 0.25) is 11.7 Å². The van der Waals surface area contributed by atoms with E-state index in [0.29, 0.717) is 12.1 Å². The number of hydrogen-bond donors (Lipinski definition) is 1. The molecule has 0 aliphatic carbocycles. The Balaban J connectivity index is 1.57. The van der Waals surface area contributed by atoms with Crippen LogP contribution in [0.25, 0.3) is 0 Å². The summed E-state index contributed by atoms with van der Waals surface area (Å²) in [5.74, 6) is -1.07. The standard InChI is InChI=1S/C21H22N2O4S/c1-4-9-23-13(2)10-15(14(23)3)17(24)12-27-20(25)11-19-21(26)22-16-7-5-6-8-18(16)28-19/h4-8,10,19H,1,9,11-12H2,2-3H3,(H,22,26)/t19-/m1/s1. The number of nitrogens with zero attached hydrogens (tertiary/aromatic N) is 1. The number of rotatable bonds is 7. The van der Waals surface area contributed by atoms with E-state index in [1.165, 1.54) is 11.8 Å². The van der Waals surface area contributed by atoms with Gasteiger partial charge >= 0.3 is 5.97 Å². The van der Waals surface area contributed by atoms with Crippen LogP contribution in [0.1, 0.15) is 28.2 Å². The molecule has 6 nitrogen and oxygen atoms in total. The van der Waals surface area contributed by atoms with Gasteiger partial charge in [0.15, 0.2) is 6.61 Å². The Morgan fingerprint density at radius 1 is 1.32 bits per heavy atom. The normalized spacial score (nSPS) is 15.5. The monoisotopic (exact) mass is 398 g/mol. The van der Waals surface area contributed by atoms with Crippen LogP contribution < -0.4 is 5.32 Å². The van der Waals surface area contributed by atoms with Crippen LogP contribution in [0.3, 0.4) is 0 Å². The second-order valence-corrected chi connectivity index (χ2v) is 7.81. The zero-order chi connectivity index (χ0) is 20.3. The topological polar surface area (TPSA) is 77.4 Å². The first-order valence-corrected chi connectivity index (χ1v) is 9.81. The van der Waals surface area contributed by atoms with E-state index in [2.05, 4.69) is 11.9 Å². The Morgan fingerprint density at radius 2 is 2.07 bits per heavy atom. The van der Waals surface area contributed by atoms with Crippen molar-refractivity contribution < 1.29 is 19.1 Å². The molecule has 0 fully saturated rings. The Morgan fingerprint density at radius 3 is 2.82 bits per heavy atom. The second kappa shape index (κ2) is 8.48. The van der Waals surface area contributed by atoms with Crippen LogP contribution in [-0.4, -0.2) is 34.1 Å². The molecule has 2 aromatic rings. The highest BCUT2D eigenvalue weighted by molar-refractivity contribution is 8.01. The van der Waals surface area contributed by atoms with E-state index >= 15 is 0 Å². The SMILES string of the molecule is C=CCn1c(C)cc(C(=O)COC(=O)C[C@H]2Sc3ccccc3NC2=O)c1C. The van der Waals surface area contributed by atoms with Crippen LogP contribution in [-0.2, 0) is 20.9 Å². The number of esters is 1. The first-order chi connectivity index (χ1) is 13.4. The van der Waals surface area contributed by atoms with Crippen LogP contribution >= 0.6 is 11.8 Å². The molecule has 3 rings (SSSR count). The number of benzene rings is 1. The summed E-state index contributed by atoms with van der Waals surface area (Å²) in [4.78, 5) is 37.7. The number of Topliss-reactive ketones (excluding diaryl/α,β-unsaturated/α-hetero) is 1. The molecule has 1 amide bonds. The van der Waals surface area contributed by atoms with Gasteiger partial charge in [-0.15, -0.1) is 18.3 Å². The highest BCUT2D eigenvalue weighted by atomic mass is 32.2. The zero-order valence-electron chi connectivity index (χ0n) is 15.9. The van der Waals surface area contributed by atoms with Gasteiger partial charge in [-0.1, -0.05) is 18.2 Å². The summed E-state index contributed by atoms with van der Waals surface area (Å²) in [7, 11) is 0. The predicted octanol–water partition coefficient (Wildman–Crippen LogP) is 3.52. The molecule has 1 aromatic carbocycles. The Labute approximate surface area is 167 Å². The number of amides is 1. The molecule has 1 aliphatic heterocycles. The summed E-state index contributed by atoms with van der Waals surface area (Å²) < 4.78 is 7.12. The van der Waals surface area contributed by atoms with Crippen molar-refractivity contribution in [1.29, 1.82) is 0 Å². The zero-order valence-corrected chi connectivity index (χ0v) is 16.7. The summed E-state index contributed by atoms with van der Waals surface area (Å²) in [5.41, 5.74) is 3.04. The minimum Gasteiger partial charge on any atom is -0.457 e. The van der Waals surface area contributed by atoms with Crippen LogP contribution in [0.15, 0.2) is 47.9 Å². The summed E-state index contributed by atoms with van der Waals surface area (Å²) in [6.07, 6.45) is 1.67. The number of fused-ring (bicyclic) bond motifs is 1. The molecule has 0 bridgehead atoms. The second-order valence-electron chi connectivity index (χ2n) is 6.56. The molecule has 1 aliphatic rings. The maximum atomic E-state index is 12.5. The molecule has 2 heterocycles. The molecule has 0 radical (unpaired) electrons. The van der Waals surface area contributed by atoms with Crippen molar-refractivity contribution in [3.8, 4) is 0 Å². The number of carbonyl (C=O) groups is 3. The van der Waals surface area contributed by atoms with E-state index in [0.717, 1.165) is 22.0 Å². The van der Waals surface area contributed by atoms with Crippen LogP contribution in [0.5, 0.6) is 0 Å². The van der Waals surface area contributed by atoms with Crippen molar-refractivity contribution >= 4 is 35.1 Å². The molecule has 1 atom stereocenters. The predicted molar refractivity (Wildman–Crippen MR) is 109 cm³/mol. The molecule has 7 heteroatoms. The van der Waals surface area contributed by atoms with E-state index in [4.69, 9.17) is 4.74 Å². The van der Waals surface area contributed by atoms with E-state index in [9.17, 15) is 14.4 Å². The number of carbonyl (C=O) groups excluding carboxylic acids is 3. The summed E-state index contributed by atoms with van der Waals surface area (Å²) >= 11 is 1.33. The van der Waals surface area contributed by atoms with Crippen molar-refractivity contribution in [2.75, 3.05) is 11.9 Å². The van der Waals surface area contributed by atoms with Gasteiger partial charge in [0, 0.05) is 28.4 Å². The highest BCUT2D eigenvalue weighted by Gasteiger charge is 2.29. The third-order valence-electron chi connectivity index (χ3n) is 4.61. The van der Waals surface area contributed by atoms with E-state index in [1.54, 1.807) is 12.1 Å². The molecule has 0 saturated carbocycles. The van der Waals surface area contributed by atoms with Gasteiger partial charge in [0.25, 0.3) is 0 Å². The largest absolute Gasteiger partial charge is 0.457 e. The fourth-order valence-electron chi connectivity index (χ4n) is 3.15. The fourth-order valence-corrected chi connectivity index (χ4v) is 4.25. The van der Waals surface area contributed by atoms with Crippen molar-refractivity contribution in [3.63, 3.8) is 0 Å². The number of nitrogens with one attached hydrogen (secondary N) is 1. The lowest BCUT2D eigenvalue weighted by molar-refractivity contribution is -0.143. The Hall–Kier alpha value is -2.80. The minimum atomic E-state index is -0.574. The first kappa shape index (κ1) is 19.9. The molecule has 1 aromatic heterocycles. The molecule has 0 saturated heterocycles. The maximum Gasteiger partial charge on any atom is 0.307 e. The summed E-state index contributed by atoms with van der Waals surface area (Å²) in [6.45, 7) is 7.75. The number of thioether (sulfide) groups is 1. The lowest BCUT2D eigenvalue weighted by Gasteiger charge is -2.23. The van der Waals surface area contributed by atoms with Crippen LogP contribution in [0.4, 0.5) is 5.69 Å². The van der Waals surface area contributed by atoms with E-state index < -0.39 is 11.2 Å². The van der Waals surface area contributed by atoms with Gasteiger partial charge in [-0.3, -0.25) is 14.4 Å². The minimum absolute atomic E-state index is 0.0897. The average molecular weight is 398 g/mol. The first-order valence-electron chi connectivity index (χ1n) is 8.93. The fraction of sp³-hybridized carbons (Fsp3) is 0.286. The number of allylic oxidation sites excluding steroid dienone is 1. The van der Waals surface area contributed by atoms with Gasteiger partial charge in [0.1, 0.15) is 0 Å². The average Bonchev–Trinajstić information content (AvgIpc) is 2.95. The van der Waals surface area contributed by atoms with Gasteiger partial charge in [0.05, 0.1) is 17.4 Å². The van der Waals surface area contributed by atoms with Crippen molar-refractivity contribution in [3.05, 3.63) is 59.9 Å². The lowest BCUT2D eigenvalue weighted by Crippen LogP contribution is -2.31. The molecule has 1 N–H and O–H groups in total. The number of aryl methyl sites for hydroxylation is 1. The van der Waals surface area contributed by atoms with Crippen LogP contribution in [0, 0.1) is 13.8 Å². The summed E-state index contributed by atoms with van der Waals surface area (Å²) in [5, 5.41) is 2.22. The quantitative estimate of drug-likeness (QED) is 0.439. The Kier molecular flexibility index (Phi) is 6.04. The highest BCUT2D eigenvalue weighted by Crippen LogP contribution is 2.36. The molecule has 146 valence electrons. The van der Waals surface area contributed by atoms with Crippen LogP contribution in [0.2, 0.25) is 0 Å². The molecular weight excluding hydrogens is 376 g/mol. The van der Waals surface area contributed by atoms with Gasteiger partial charge < -0.3 is 14.6 Å². The third-order valence-corrected chi connectivity index (χ3v) is 5.88. The molecule has 28 heavy (non-hydrogen) atoms. The van der Waals surface area contributed by atoms with Gasteiger partial charge in [-0.05, 0) is 32.0 Å². The molecular formula is C21H22N2O4S. The lowest BCUT2D eigenvalue weighted by atomic mass is 10.1. The number of aromatic nitrogens is 1. The molecule has 0 unspecified atom stereocenters. The third kappa shape index (κ3) is 4.20. The number of anilines is 1. The number of hydrogen-bond acceptors (Lipinski definition) is 5. The number of para-hydroxylation sites is 1. The van der Waals surface area contributed by atoms with E-state index in [-0.39, 0.29) is 24.7 Å². The Bertz CT molecular complexity index is 948. The van der Waals surface area contributed by atoms with Gasteiger partial charge in [-0.25, -0.2) is 0 Å². The van der Waals surface area contributed by atoms with Crippen molar-refractivity contribution in [1.82, 2.24) is 4.57 Å². The maximum absolute atomic E-state index is 12.5. The van der Waals surface area contributed by atoms with Crippen molar-refractivity contribution in [2.45, 2.75) is 37.0 Å². The van der Waals surface area contributed by atoms with Gasteiger partial charge in [-0.2, -0.15) is 0 Å². The number of ketones is 1. The molecule has 0 spiro atoms. The number of ether oxygens (including phenoxy) is 1. The smallest absolute Gasteiger partial charge is 0.307 e. The van der Waals surface area contributed by atoms with E-state index in [1.807, 2.05) is 42.7 Å². The summed E-state index contributed by atoms with van der Waals surface area (Å²) in [6, 6.07) is 9.21.